The highest BCUT2D eigenvalue weighted by atomic mass is 16.7. The number of carbonyl (C=O) groups is 4. The van der Waals surface area contributed by atoms with Crippen molar-refractivity contribution in [2.45, 2.75) is 30.7 Å². The molecule has 2 heterocycles. The van der Waals surface area contributed by atoms with E-state index in [1.165, 1.54) is 0 Å². The van der Waals surface area contributed by atoms with Gasteiger partial charge in [0.25, 0.3) is 0 Å². The molecular formula is C34H26O22. The predicted octanol–water partition coefficient (Wildman–Crippen LogP) is 0.685. The lowest BCUT2D eigenvalue weighted by Crippen LogP contribution is -2.62. The number of ether oxygens (including phenoxy) is 5. The topological polar surface area (TPSA) is 377 Å². The Bertz CT molecular complexity index is 2290. The molecule has 0 saturated carbocycles. The van der Waals surface area contributed by atoms with Crippen LogP contribution in [0.5, 0.6) is 69.0 Å². The smallest absolute Gasteiger partial charge is 0.340 e. The molecule has 13 N–H and O–H groups in total. The van der Waals surface area contributed by atoms with E-state index in [1.54, 1.807) is 0 Å². The molecule has 4 aromatic rings. The van der Waals surface area contributed by atoms with Crippen molar-refractivity contribution in [2.24, 2.45) is 0 Å². The predicted molar refractivity (Wildman–Crippen MR) is 174 cm³/mol. The van der Waals surface area contributed by atoms with Gasteiger partial charge in [-0.1, -0.05) is 0 Å². The van der Waals surface area contributed by atoms with E-state index in [2.05, 4.69) is 0 Å². The van der Waals surface area contributed by atoms with Gasteiger partial charge in [-0.25, -0.2) is 19.2 Å². The summed E-state index contributed by atoms with van der Waals surface area (Å²) in [6, 6.07) is 3.58. The number of hydrogen-bond donors (Lipinski definition) is 13. The monoisotopic (exact) mass is 786 g/mol. The maximum atomic E-state index is 13.9. The van der Waals surface area contributed by atoms with Crippen molar-refractivity contribution in [1.82, 2.24) is 0 Å². The van der Waals surface area contributed by atoms with Crippen molar-refractivity contribution in [1.29, 1.82) is 0 Å². The minimum atomic E-state index is -2.35. The van der Waals surface area contributed by atoms with Crippen LogP contribution >= 0.6 is 0 Å². The Kier molecular flexibility index (Phi) is 9.45. The Morgan fingerprint density at radius 3 is 1.38 bits per heavy atom. The van der Waals surface area contributed by atoms with Crippen LogP contribution in [0, 0.1) is 0 Å². The summed E-state index contributed by atoms with van der Waals surface area (Å²) in [5.74, 6) is -19.8. The Hall–Kier alpha value is -7.72. The van der Waals surface area contributed by atoms with Gasteiger partial charge in [-0.2, -0.15) is 0 Å². The fraction of sp³-hybridized carbons (Fsp3) is 0.176. The van der Waals surface area contributed by atoms with Gasteiger partial charge in [0.15, 0.2) is 63.6 Å². The highest BCUT2D eigenvalue weighted by Gasteiger charge is 2.53. The lowest BCUT2D eigenvalue weighted by Gasteiger charge is -2.43. The molecule has 2 aliphatic heterocycles. The lowest BCUT2D eigenvalue weighted by atomic mass is 9.91. The number of aliphatic hydroxyl groups is 1. The zero-order valence-corrected chi connectivity index (χ0v) is 27.5. The van der Waals surface area contributed by atoms with Crippen molar-refractivity contribution >= 4 is 23.9 Å². The number of benzene rings is 4. The molecule has 5 atom stereocenters. The van der Waals surface area contributed by atoms with Gasteiger partial charge >= 0.3 is 23.9 Å². The largest absolute Gasteiger partial charge is 0.504 e. The second-order valence-corrected chi connectivity index (χ2v) is 12.0. The fourth-order valence-corrected chi connectivity index (χ4v) is 5.73. The molecule has 56 heavy (non-hydrogen) atoms. The first kappa shape index (κ1) is 38.0. The van der Waals surface area contributed by atoms with Gasteiger partial charge in [0.05, 0.1) is 22.3 Å². The zero-order valence-electron chi connectivity index (χ0n) is 27.5. The van der Waals surface area contributed by atoms with Crippen LogP contribution in [0.1, 0.15) is 41.4 Å². The van der Waals surface area contributed by atoms with Crippen LogP contribution in [0.4, 0.5) is 0 Å². The lowest BCUT2D eigenvalue weighted by molar-refractivity contribution is -0.283. The van der Waals surface area contributed by atoms with E-state index in [1.807, 2.05) is 0 Å². The maximum absolute atomic E-state index is 13.9. The number of rotatable bonds is 5. The van der Waals surface area contributed by atoms with Gasteiger partial charge in [0.1, 0.15) is 18.8 Å². The zero-order chi connectivity index (χ0) is 41.1. The molecule has 22 heteroatoms. The normalized spacial score (nSPS) is 20.3. The molecular weight excluding hydrogens is 760 g/mol. The first-order chi connectivity index (χ1) is 26.3. The number of carbonyl (C=O) groups excluding carboxylic acids is 4. The number of esters is 4. The highest BCUT2D eigenvalue weighted by molar-refractivity contribution is 6.08. The van der Waals surface area contributed by atoms with Crippen molar-refractivity contribution in [3.63, 3.8) is 0 Å². The molecule has 0 spiro atoms. The van der Waals surface area contributed by atoms with Crippen LogP contribution in [0.3, 0.4) is 0 Å². The van der Waals surface area contributed by atoms with E-state index in [9.17, 15) is 85.6 Å². The first-order valence-corrected chi connectivity index (χ1v) is 15.5. The SMILES string of the molecule is O=C(OC[C@H]1O[C@H](OC(=O)c2cc(O)c(O)c(O)c2)[C@@H]2OC(=O)c3cc(O)c(O)c(O)c3-c3c(cc(O)c(O)c3O)C(=O)O[C@H]2[C@@H]1O)c1cc(O)c(O)c(O)c1. The molecule has 1 saturated heterocycles. The Labute approximate surface area is 309 Å². The number of phenolic OH excluding ortho intramolecular Hbond substituents is 12. The molecule has 0 bridgehead atoms. The standard InChI is InChI=1S/C34H26O22/c35-12-1-8(2-13(36)21(12)41)30(48)52-7-18-25(45)28-29(34(53-18)56-31(49)9-3-14(37)22(42)15(38)4-9)55-33(51)11-6-17(40)24(44)27(47)20(11)19-10(32(50)54-28)5-16(39)23(43)26(19)46/h1-6,18,25,28-29,34-47H,7H2/t18-,25-,28+,29-,34-/m1/s1. The summed E-state index contributed by atoms with van der Waals surface area (Å²) in [6.07, 6.45) is -11.1. The third kappa shape index (κ3) is 6.45. The van der Waals surface area contributed by atoms with E-state index < -0.39 is 164 Å². The molecule has 0 unspecified atom stereocenters. The van der Waals surface area contributed by atoms with Gasteiger partial charge in [-0.15, -0.1) is 0 Å². The number of phenols is 12. The Balaban J connectivity index is 1.46. The van der Waals surface area contributed by atoms with Crippen molar-refractivity contribution < 1.29 is 109 Å². The van der Waals surface area contributed by atoms with Crippen LogP contribution in [0.25, 0.3) is 11.1 Å². The minimum Gasteiger partial charge on any atom is -0.504 e. The second kappa shape index (κ2) is 13.9. The number of hydrogen-bond acceptors (Lipinski definition) is 22. The van der Waals surface area contributed by atoms with Crippen molar-refractivity contribution in [2.75, 3.05) is 6.61 Å². The summed E-state index contributed by atoms with van der Waals surface area (Å²) in [4.78, 5) is 53.8. The number of fused-ring (bicyclic) bond motifs is 4. The Morgan fingerprint density at radius 1 is 0.536 bits per heavy atom. The summed E-state index contributed by atoms with van der Waals surface area (Å²) in [7, 11) is 0. The molecule has 2 aliphatic rings. The average molecular weight is 787 g/mol. The number of aromatic hydroxyl groups is 12. The Morgan fingerprint density at radius 2 is 0.929 bits per heavy atom. The van der Waals surface area contributed by atoms with Gasteiger partial charge in [0, 0.05) is 11.1 Å². The third-order valence-electron chi connectivity index (χ3n) is 8.52. The molecule has 22 nitrogen and oxygen atoms in total. The molecule has 294 valence electrons. The van der Waals surface area contributed by atoms with E-state index in [4.69, 9.17) is 23.7 Å². The molecule has 0 radical (unpaired) electrons. The average Bonchev–Trinajstić information content (AvgIpc) is 3.14. The summed E-state index contributed by atoms with van der Waals surface area (Å²) < 4.78 is 26.9. The summed E-state index contributed by atoms with van der Waals surface area (Å²) in [5.41, 5.74) is -5.14. The van der Waals surface area contributed by atoms with Crippen molar-refractivity contribution in [3.05, 3.63) is 58.7 Å². The highest BCUT2D eigenvalue weighted by Crippen LogP contribution is 2.53. The minimum absolute atomic E-state index is 0.478. The van der Waals surface area contributed by atoms with Crippen molar-refractivity contribution in [3.8, 4) is 80.1 Å². The van der Waals surface area contributed by atoms with Gasteiger partial charge in [-0.05, 0) is 36.4 Å². The quantitative estimate of drug-likeness (QED) is 0.0751. The molecule has 4 aromatic carbocycles. The summed E-state index contributed by atoms with van der Waals surface area (Å²) in [6.45, 7) is -1.05. The van der Waals surface area contributed by atoms with Crippen LogP contribution in [-0.4, -0.2) is 128 Å². The van der Waals surface area contributed by atoms with Gasteiger partial charge in [-0.3, -0.25) is 0 Å². The fourth-order valence-electron chi connectivity index (χ4n) is 5.73. The van der Waals surface area contributed by atoms with E-state index in [0.29, 0.717) is 36.4 Å². The molecule has 0 aliphatic carbocycles. The molecule has 0 amide bonds. The first-order valence-electron chi connectivity index (χ1n) is 15.5. The van der Waals surface area contributed by atoms with Crippen LogP contribution in [0.15, 0.2) is 36.4 Å². The summed E-state index contributed by atoms with van der Waals surface area (Å²) >= 11 is 0. The molecule has 1 fully saturated rings. The van der Waals surface area contributed by atoms with E-state index in [-0.39, 0.29) is 0 Å². The summed E-state index contributed by atoms with van der Waals surface area (Å²) in [5, 5.41) is 133. The molecule has 0 aromatic heterocycles. The van der Waals surface area contributed by atoms with Gasteiger partial charge in [0.2, 0.25) is 23.9 Å². The van der Waals surface area contributed by atoms with E-state index >= 15 is 0 Å². The second-order valence-electron chi connectivity index (χ2n) is 12.0. The third-order valence-corrected chi connectivity index (χ3v) is 8.52. The number of aliphatic hydroxyl groups excluding tert-OH is 1. The van der Waals surface area contributed by atoms with Gasteiger partial charge < -0.3 is 90.1 Å². The van der Waals surface area contributed by atoms with E-state index in [0.717, 1.165) is 0 Å². The maximum Gasteiger partial charge on any atom is 0.340 e. The van der Waals surface area contributed by atoms with Crippen LogP contribution in [-0.2, 0) is 23.7 Å². The van der Waals surface area contributed by atoms with Crippen LogP contribution < -0.4 is 0 Å². The van der Waals surface area contributed by atoms with Crippen LogP contribution in [0.2, 0.25) is 0 Å². The molecule has 6 rings (SSSR count).